The number of halogens is 1. The minimum atomic E-state index is 0.580. The molecular formula is C12H14BrN3OS. The first kappa shape index (κ1) is 13.3. The van der Waals surface area contributed by atoms with Crippen LogP contribution in [0.25, 0.3) is 0 Å². The number of aromatic nitrogens is 2. The fraction of sp³-hybridized carbons (Fsp3) is 0.333. The summed E-state index contributed by atoms with van der Waals surface area (Å²) < 4.78 is 2.88. The summed E-state index contributed by atoms with van der Waals surface area (Å²) in [5, 5.41) is 6.30. The lowest BCUT2D eigenvalue weighted by Crippen LogP contribution is -2.21. The number of hydrogen-bond acceptors (Lipinski definition) is 3. The number of nitrogens with zero attached hydrogens (tertiary/aromatic N) is 3. The van der Waals surface area contributed by atoms with Gasteiger partial charge in [0.1, 0.15) is 0 Å². The molecule has 0 fully saturated rings. The Bertz CT molecular complexity index is 549. The Labute approximate surface area is 118 Å². The summed E-state index contributed by atoms with van der Waals surface area (Å²) in [5.74, 6) is 0. The zero-order chi connectivity index (χ0) is 13.1. The molecule has 0 aliphatic carbocycles. The number of carbonyl (C=O) groups excluding carboxylic acids is 1. The van der Waals surface area contributed by atoms with Crippen LogP contribution in [0.2, 0.25) is 0 Å². The summed E-state index contributed by atoms with van der Waals surface area (Å²) in [5.41, 5.74) is 2.01. The minimum absolute atomic E-state index is 0.580. The van der Waals surface area contributed by atoms with E-state index in [1.807, 2.05) is 36.2 Å². The standard InChI is InChI=1S/C12H14BrN3OS/c1-9-3-11(15(2)14-9)5-16(8-17)6-12-4-10(13)7-18-12/h3-4,7-8H,5-6H2,1-2H3. The predicted molar refractivity (Wildman–Crippen MR) is 75.3 cm³/mol. The van der Waals surface area contributed by atoms with E-state index in [0.717, 1.165) is 27.1 Å². The zero-order valence-corrected chi connectivity index (χ0v) is 12.7. The maximum Gasteiger partial charge on any atom is 0.210 e. The van der Waals surface area contributed by atoms with Gasteiger partial charge >= 0.3 is 0 Å². The van der Waals surface area contributed by atoms with Gasteiger partial charge in [-0.05, 0) is 35.0 Å². The molecule has 2 aromatic heterocycles. The molecule has 18 heavy (non-hydrogen) atoms. The number of rotatable bonds is 5. The maximum absolute atomic E-state index is 11.1. The summed E-state index contributed by atoms with van der Waals surface area (Å²) in [6.07, 6.45) is 0.885. The maximum atomic E-state index is 11.1. The molecule has 0 saturated heterocycles. The van der Waals surface area contributed by atoms with Gasteiger partial charge in [-0.2, -0.15) is 5.10 Å². The first-order chi connectivity index (χ1) is 8.58. The minimum Gasteiger partial charge on any atom is -0.334 e. The van der Waals surface area contributed by atoms with Crippen LogP contribution < -0.4 is 0 Å². The Morgan fingerprint density at radius 3 is 2.78 bits per heavy atom. The third kappa shape index (κ3) is 3.20. The molecule has 2 rings (SSSR count). The van der Waals surface area contributed by atoms with Crippen LogP contribution in [0, 0.1) is 6.92 Å². The van der Waals surface area contributed by atoms with E-state index in [-0.39, 0.29) is 0 Å². The average molecular weight is 328 g/mol. The van der Waals surface area contributed by atoms with Gasteiger partial charge < -0.3 is 4.90 Å². The third-order valence-electron chi connectivity index (χ3n) is 2.59. The van der Waals surface area contributed by atoms with Crippen molar-refractivity contribution in [3.63, 3.8) is 0 Å². The van der Waals surface area contributed by atoms with E-state index in [9.17, 15) is 4.79 Å². The highest BCUT2D eigenvalue weighted by atomic mass is 79.9. The molecule has 6 heteroatoms. The number of thiophene rings is 1. The topological polar surface area (TPSA) is 38.1 Å². The molecule has 0 radical (unpaired) electrons. The fourth-order valence-electron chi connectivity index (χ4n) is 1.79. The molecule has 0 atom stereocenters. The summed E-state index contributed by atoms with van der Waals surface area (Å²) in [7, 11) is 1.90. The molecule has 0 aromatic carbocycles. The molecule has 0 aliphatic heterocycles. The second-order valence-corrected chi connectivity index (χ2v) is 6.05. The van der Waals surface area contributed by atoms with Gasteiger partial charge in [0.05, 0.1) is 24.5 Å². The van der Waals surface area contributed by atoms with E-state index in [1.54, 1.807) is 16.2 Å². The summed E-state index contributed by atoms with van der Waals surface area (Å²) in [4.78, 5) is 14.0. The molecule has 96 valence electrons. The number of carbonyl (C=O) groups is 1. The highest BCUT2D eigenvalue weighted by Crippen LogP contribution is 2.21. The van der Waals surface area contributed by atoms with Gasteiger partial charge in [0.25, 0.3) is 0 Å². The van der Waals surface area contributed by atoms with Crippen molar-refractivity contribution in [1.29, 1.82) is 0 Å². The van der Waals surface area contributed by atoms with Crippen LogP contribution >= 0.6 is 27.3 Å². The Kier molecular flexibility index (Phi) is 4.19. The van der Waals surface area contributed by atoms with Crippen molar-refractivity contribution in [2.45, 2.75) is 20.0 Å². The molecule has 0 bridgehead atoms. The van der Waals surface area contributed by atoms with Crippen LogP contribution in [0.5, 0.6) is 0 Å². The molecular weight excluding hydrogens is 314 g/mol. The highest BCUT2D eigenvalue weighted by Gasteiger charge is 2.09. The molecule has 2 aromatic rings. The Morgan fingerprint density at radius 1 is 1.50 bits per heavy atom. The van der Waals surface area contributed by atoms with Crippen LogP contribution in [-0.4, -0.2) is 21.1 Å². The van der Waals surface area contributed by atoms with Gasteiger partial charge in [-0.15, -0.1) is 11.3 Å². The van der Waals surface area contributed by atoms with Crippen molar-refractivity contribution in [3.05, 3.63) is 38.3 Å². The quantitative estimate of drug-likeness (QED) is 0.792. The van der Waals surface area contributed by atoms with E-state index in [2.05, 4.69) is 21.0 Å². The van der Waals surface area contributed by atoms with Crippen molar-refractivity contribution in [1.82, 2.24) is 14.7 Å². The van der Waals surface area contributed by atoms with Crippen molar-refractivity contribution >= 4 is 33.7 Å². The zero-order valence-electron chi connectivity index (χ0n) is 10.3. The molecule has 1 amide bonds. The van der Waals surface area contributed by atoms with E-state index >= 15 is 0 Å². The van der Waals surface area contributed by atoms with Gasteiger partial charge in [0.2, 0.25) is 6.41 Å². The Hall–Kier alpha value is -1.14. The lowest BCUT2D eigenvalue weighted by atomic mass is 10.3. The van der Waals surface area contributed by atoms with E-state index in [4.69, 9.17) is 0 Å². The molecule has 0 N–H and O–H groups in total. The monoisotopic (exact) mass is 327 g/mol. The van der Waals surface area contributed by atoms with Gasteiger partial charge in [-0.1, -0.05) is 0 Å². The van der Waals surface area contributed by atoms with Crippen LogP contribution in [0.4, 0.5) is 0 Å². The summed E-state index contributed by atoms with van der Waals surface area (Å²) in [6.45, 7) is 3.16. The average Bonchev–Trinajstić information content (AvgIpc) is 2.85. The summed E-state index contributed by atoms with van der Waals surface area (Å²) in [6, 6.07) is 4.04. The van der Waals surface area contributed by atoms with Crippen LogP contribution in [0.3, 0.4) is 0 Å². The smallest absolute Gasteiger partial charge is 0.210 e. The van der Waals surface area contributed by atoms with E-state index in [0.29, 0.717) is 13.1 Å². The van der Waals surface area contributed by atoms with Crippen molar-refractivity contribution in [3.8, 4) is 0 Å². The molecule has 0 saturated carbocycles. The normalized spacial score (nSPS) is 10.6. The second-order valence-electron chi connectivity index (χ2n) is 4.14. The molecule has 2 heterocycles. The van der Waals surface area contributed by atoms with Gasteiger partial charge in [-0.25, -0.2) is 0 Å². The Balaban J connectivity index is 2.05. The first-order valence-electron chi connectivity index (χ1n) is 5.50. The summed E-state index contributed by atoms with van der Waals surface area (Å²) >= 11 is 5.06. The van der Waals surface area contributed by atoms with Crippen LogP contribution in [0.1, 0.15) is 16.3 Å². The SMILES string of the molecule is Cc1cc(CN(C=O)Cc2cc(Br)cs2)n(C)n1. The van der Waals surface area contributed by atoms with Crippen molar-refractivity contribution in [2.24, 2.45) is 7.05 Å². The number of hydrogen-bond donors (Lipinski definition) is 0. The van der Waals surface area contributed by atoms with Crippen LogP contribution in [-0.2, 0) is 24.9 Å². The number of aryl methyl sites for hydroxylation is 2. The Morgan fingerprint density at radius 2 is 2.28 bits per heavy atom. The third-order valence-corrected chi connectivity index (χ3v) is 4.28. The molecule has 0 aliphatic rings. The first-order valence-corrected chi connectivity index (χ1v) is 7.17. The van der Waals surface area contributed by atoms with E-state index in [1.165, 1.54) is 0 Å². The molecule has 4 nitrogen and oxygen atoms in total. The fourth-order valence-corrected chi connectivity index (χ4v) is 3.26. The van der Waals surface area contributed by atoms with E-state index < -0.39 is 0 Å². The second kappa shape index (κ2) is 5.67. The number of amides is 1. The highest BCUT2D eigenvalue weighted by molar-refractivity contribution is 9.10. The predicted octanol–water partition coefficient (Wildman–Crippen LogP) is 2.71. The van der Waals surface area contributed by atoms with Crippen molar-refractivity contribution in [2.75, 3.05) is 0 Å². The molecule has 0 spiro atoms. The van der Waals surface area contributed by atoms with Gasteiger partial charge in [0.15, 0.2) is 0 Å². The lowest BCUT2D eigenvalue weighted by Gasteiger charge is -2.16. The van der Waals surface area contributed by atoms with Gasteiger partial charge in [-0.3, -0.25) is 9.48 Å². The van der Waals surface area contributed by atoms with Gasteiger partial charge in [0, 0.05) is 21.8 Å². The van der Waals surface area contributed by atoms with Crippen molar-refractivity contribution < 1.29 is 4.79 Å². The largest absolute Gasteiger partial charge is 0.334 e. The van der Waals surface area contributed by atoms with Crippen LogP contribution in [0.15, 0.2) is 22.0 Å². The molecule has 0 unspecified atom stereocenters. The lowest BCUT2D eigenvalue weighted by molar-refractivity contribution is -0.119.